The van der Waals surface area contributed by atoms with Gasteiger partial charge in [-0.3, -0.25) is 4.79 Å². The van der Waals surface area contributed by atoms with E-state index in [4.69, 9.17) is 4.74 Å². The van der Waals surface area contributed by atoms with Crippen LogP contribution in [0.4, 0.5) is 0 Å². The van der Waals surface area contributed by atoms with Gasteiger partial charge in [0.1, 0.15) is 0 Å². The van der Waals surface area contributed by atoms with Crippen LogP contribution in [0.5, 0.6) is 0 Å². The molecule has 0 spiro atoms. The Hall–Kier alpha value is -0.0500. The highest BCUT2D eigenvalue weighted by molar-refractivity contribution is 9.09. The lowest BCUT2D eigenvalue weighted by atomic mass is 10.1. The Bertz CT molecular complexity index is 169. The third-order valence-electron chi connectivity index (χ3n) is 2.25. The fourth-order valence-corrected chi connectivity index (χ4v) is 1.74. The summed E-state index contributed by atoms with van der Waals surface area (Å²) in [5.41, 5.74) is 0. The first-order chi connectivity index (χ1) is 7.07. The van der Waals surface area contributed by atoms with Crippen molar-refractivity contribution in [1.29, 1.82) is 0 Å². The van der Waals surface area contributed by atoms with E-state index in [1.165, 1.54) is 25.7 Å². The van der Waals surface area contributed by atoms with Crippen LogP contribution in [0.2, 0.25) is 0 Å². The molecule has 0 aliphatic rings. The van der Waals surface area contributed by atoms with Crippen molar-refractivity contribution in [2.75, 3.05) is 0 Å². The molecule has 0 radical (unpaired) electrons. The van der Waals surface area contributed by atoms with E-state index in [-0.39, 0.29) is 16.9 Å². The third kappa shape index (κ3) is 8.91. The van der Waals surface area contributed by atoms with Gasteiger partial charge in [-0.2, -0.15) is 0 Å². The molecule has 0 N–H and O–H groups in total. The van der Waals surface area contributed by atoms with Gasteiger partial charge in [0, 0.05) is 0 Å². The lowest BCUT2D eigenvalue weighted by molar-refractivity contribution is -0.148. The number of alkyl halides is 1. The second-order valence-electron chi connectivity index (χ2n) is 4.20. The van der Waals surface area contributed by atoms with Crippen molar-refractivity contribution >= 4 is 21.9 Å². The van der Waals surface area contributed by atoms with Crippen LogP contribution in [0.1, 0.15) is 59.3 Å². The molecular formula is C12H23BrO2. The largest absolute Gasteiger partial charge is 0.451 e. The zero-order valence-electron chi connectivity index (χ0n) is 10.1. The molecule has 0 amide bonds. The molecule has 90 valence electrons. The van der Waals surface area contributed by atoms with Gasteiger partial charge in [-0.25, -0.2) is 0 Å². The molecule has 0 saturated heterocycles. The first-order valence-electron chi connectivity index (χ1n) is 5.92. The highest BCUT2D eigenvalue weighted by atomic mass is 79.9. The average Bonchev–Trinajstić information content (AvgIpc) is 2.17. The fraction of sp³-hybridized carbons (Fsp3) is 0.917. The van der Waals surface area contributed by atoms with Gasteiger partial charge in [0.05, 0.1) is 5.92 Å². The van der Waals surface area contributed by atoms with Crippen molar-refractivity contribution in [3.63, 3.8) is 0 Å². The lowest BCUT2D eigenvalue weighted by Gasteiger charge is -2.13. The molecule has 1 atom stereocenters. The first kappa shape index (κ1) is 14.9. The lowest BCUT2D eigenvalue weighted by Crippen LogP contribution is -2.17. The van der Waals surface area contributed by atoms with Crippen molar-refractivity contribution in [3.8, 4) is 0 Å². The monoisotopic (exact) mass is 278 g/mol. The van der Waals surface area contributed by atoms with E-state index in [1.807, 2.05) is 13.8 Å². The van der Waals surface area contributed by atoms with E-state index in [0.717, 1.165) is 12.8 Å². The maximum atomic E-state index is 11.2. The molecule has 0 fully saturated rings. The molecule has 0 heterocycles. The van der Waals surface area contributed by atoms with Crippen molar-refractivity contribution in [3.05, 3.63) is 0 Å². The Morgan fingerprint density at radius 2 is 1.80 bits per heavy atom. The Morgan fingerprint density at radius 1 is 1.20 bits per heavy atom. The SMILES string of the molecule is CCCCCCCC(Br)OC(=O)C(C)C. The zero-order chi connectivity index (χ0) is 11.7. The highest BCUT2D eigenvalue weighted by Crippen LogP contribution is 2.15. The predicted molar refractivity (Wildman–Crippen MR) is 67.0 cm³/mol. The summed E-state index contributed by atoms with van der Waals surface area (Å²) in [5.74, 6) is -0.157. The number of halogens is 1. The molecule has 0 aromatic heterocycles. The zero-order valence-corrected chi connectivity index (χ0v) is 11.7. The van der Waals surface area contributed by atoms with Crippen molar-refractivity contribution in [1.82, 2.24) is 0 Å². The summed E-state index contributed by atoms with van der Waals surface area (Å²) in [6.45, 7) is 5.91. The molecule has 0 aliphatic heterocycles. The number of hydrogen-bond acceptors (Lipinski definition) is 2. The van der Waals surface area contributed by atoms with Crippen LogP contribution in [0.15, 0.2) is 0 Å². The Morgan fingerprint density at radius 3 is 2.33 bits per heavy atom. The fourth-order valence-electron chi connectivity index (χ4n) is 1.23. The van der Waals surface area contributed by atoms with Crippen LogP contribution in [0.3, 0.4) is 0 Å². The summed E-state index contributed by atoms with van der Waals surface area (Å²) in [6, 6.07) is 0. The molecule has 3 heteroatoms. The quantitative estimate of drug-likeness (QED) is 0.377. The van der Waals surface area contributed by atoms with E-state index in [0.29, 0.717) is 0 Å². The number of ether oxygens (including phenoxy) is 1. The molecule has 0 aromatic carbocycles. The van der Waals surface area contributed by atoms with Crippen molar-refractivity contribution in [2.45, 2.75) is 64.3 Å². The van der Waals surface area contributed by atoms with Gasteiger partial charge < -0.3 is 4.74 Å². The predicted octanol–water partition coefficient (Wildman–Crippen LogP) is 4.27. The van der Waals surface area contributed by atoms with E-state index in [1.54, 1.807) is 0 Å². The van der Waals surface area contributed by atoms with Gasteiger partial charge in [0.2, 0.25) is 0 Å². The molecule has 0 rings (SSSR count). The van der Waals surface area contributed by atoms with E-state index in [2.05, 4.69) is 22.9 Å². The first-order valence-corrected chi connectivity index (χ1v) is 6.84. The minimum atomic E-state index is -0.120. The summed E-state index contributed by atoms with van der Waals surface area (Å²) < 4.78 is 5.20. The minimum Gasteiger partial charge on any atom is -0.451 e. The molecule has 1 unspecified atom stereocenters. The Kier molecular flexibility index (Phi) is 9.17. The normalized spacial score (nSPS) is 12.9. The smallest absolute Gasteiger partial charge is 0.309 e. The van der Waals surface area contributed by atoms with E-state index < -0.39 is 0 Å². The molecule has 0 bridgehead atoms. The van der Waals surface area contributed by atoms with Gasteiger partial charge >= 0.3 is 5.97 Å². The second kappa shape index (κ2) is 9.20. The van der Waals surface area contributed by atoms with Crippen LogP contribution in [-0.2, 0) is 9.53 Å². The van der Waals surface area contributed by atoms with E-state index >= 15 is 0 Å². The maximum absolute atomic E-state index is 11.2. The second-order valence-corrected chi connectivity index (χ2v) is 5.23. The molecule has 0 aliphatic carbocycles. The van der Waals surface area contributed by atoms with Gasteiger partial charge in [0.15, 0.2) is 5.01 Å². The maximum Gasteiger partial charge on any atom is 0.309 e. The Balaban J connectivity index is 3.41. The molecule has 0 saturated carbocycles. The van der Waals surface area contributed by atoms with Crippen LogP contribution < -0.4 is 0 Å². The van der Waals surface area contributed by atoms with Gasteiger partial charge in [-0.15, -0.1) is 0 Å². The minimum absolute atomic E-state index is 0.0369. The molecular weight excluding hydrogens is 256 g/mol. The van der Waals surface area contributed by atoms with Crippen LogP contribution in [0, 0.1) is 5.92 Å². The van der Waals surface area contributed by atoms with Gasteiger partial charge in [0.25, 0.3) is 0 Å². The number of rotatable bonds is 8. The van der Waals surface area contributed by atoms with Crippen LogP contribution >= 0.6 is 15.9 Å². The van der Waals surface area contributed by atoms with E-state index in [9.17, 15) is 4.79 Å². The summed E-state index contributed by atoms with van der Waals surface area (Å²) >= 11 is 3.37. The summed E-state index contributed by atoms with van der Waals surface area (Å²) in [4.78, 5) is 11.2. The third-order valence-corrected chi connectivity index (χ3v) is 2.89. The number of carbonyl (C=O) groups is 1. The van der Waals surface area contributed by atoms with Gasteiger partial charge in [-0.05, 0) is 28.8 Å². The number of carbonyl (C=O) groups excluding carboxylic acids is 1. The van der Waals surface area contributed by atoms with Gasteiger partial charge in [-0.1, -0.05) is 46.5 Å². The van der Waals surface area contributed by atoms with Crippen LogP contribution in [-0.4, -0.2) is 11.0 Å². The Labute approximate surface area is 102 Å². The number of esters is 1. The standard InChI is InChI=1S/C12H23BrO2/c1-4-5-6-7-8-9-11(13)15-12(14)10(2)3/h10-11H,4-9H2,1-3H3. The summed E-state index contributed by atoms with van der Waals surface area (Å²) in [6.07, 6.45) is 7.13. The van der Waals surface area contributed by atoms with Crippen LogP contribution in [0.25, 0.3) is 0 Å². The molecule has 0 aromatic rings. The highest BCUT2D eigenvalue weighted by Gasteiger charge is 2.13. The summed E-state index contributed by atoms with van der Waals surface area (Å²) in [5, 5.41) is -0.103. The topological polar surface area (TPSA) is 26.3 Å². The molecule has 2 nitrogen and oxygen atoms in total. The van der Waals surface area contributed by atoms with Crippen molar-refractivity contribution in [2.24, 2.45) is 5.92 Å². The number of unbranched alkanes of at least 4 members (excludes halogenated alkanes) is 4. The average molecular weight is 279 g/mol. The summed E-state index contributed by atoms with van der Waals surface area (Å²) in [7, 11) is 0. The number of hydrogen-bond donors (Lipinski definition) is 0. The van der Waals surface area contributed by atoms with Crippen molar-refractivity contribution < 1.29 is 9.53 Å². The molecule has 15 heavy (non-hydrogen) atoms.